The van der Waals surface area contributed by atoms with Gasteiger partial charge in [-0.2, -0.15) is 0 Å². The summed E-state index contributed by atoms with van der Waals surface area (Å²) in [4.78, 5) is 22.8. The highest BCUT2D eigenvalue weighted by atomic mass is 16.6. The van der Waals surface area contributed by atoms with Crippen LogP contribution >= 0.6 is 0 Å². The minimum Gasteiger partial charge on any atom is -0.508 e. The third-order valence-electron chi connectivity index (χ3n) is 5.51. The smallest absolute Gasteiger partial charge is 0.244 e. The van der Waals surface area contributed by atoms with E-state index in [4.69, 9.17) is 0 Å². The van der Waals surface area contributed by atoms with Crippen LogP contribution in [0.1, 0.15) is 37.1 Å². The Bertz CT molecular complexity index is 845. The molecule has 0 radical (unpaired) electrons. The van der Waals surface area contributed by atoms with Gasteiger partial charge in [0.25, 0.3) is 0 Å². The van der Waals surface area contributed by atoms with Crippen LogP contribution < -0.4 is 5.32 Å². The second kappa shape index (κ2) is 7.08. The molecule has 0 spiro atoms. The van der Waals surface area contributed by atoms with Gasteiger partial charge in [-0.3, -0.25) is 25.5 Å². The number of phenols is 2. The Morgan fingerprint density at radius 3 is 1.50 bits per heavy atom. The summed E-state index contributed by atoms with van der Waals surface area (Å²) in [6.07, 6.45) is 0. The van der Waals surface area contributed by atoms with Crippen LogP contribution in [0.25, 0.3) is 0 Å². The van der Waals surface area contributed by atoms with Crippen molar-refractivity contribution < 1.29 is 20.1 Å². The predicted molar refractivity (Wildman–Crippen MR) is 100 cm³/mol. The fraction of sp³-hybridized carbons (Fsp3) is 0.368. The van der Waals surface area contributed by atoms with E-state index in [9.17, 15) is 30.4 Å². The molecule has 0 saturated carbocycles. The Balaban J connectivity index is 2.21. The number of para-hydroxylation sites is 2. The molecular weight excluding hydrogens is 366 g/mol. The van der Waals surface area contributed by atoms with Crippen LogP contribution in [-0.4, -0.2) is 32.1 Å². The van der Waals surface area contributed by atoms with Crippen molar-refractivity contribution in [3.63, 3.8) is 0 Å². The summed E-state index contributed by atoms with van der Waals surface area (Å²) in [5, 5.41) is 47.4. The monoisotopic (exact) mass is 387 g/mol. The van der Waals surface area contributed by atoms with Crippen LogP contribution in [-0.2, 0) is 0 Å². The Hall–Kier alpha value is -3.20. The Labute approximate surface area is 160 Å². The number of rotatable bonds is 4. The zero-order chi connectivity index (χ0) is 20.6. The van der Waals surface area contributed by atoms with Crippen molar-refractivity contribution >= 4 is 0 Å². The lowest BCUT2D eigenvalue weighted by molar-refractivity contribution is -0.605. The van der Waals surface area contributed by atoms with E-state index in [0.29, 0.717) is 0 Å². The molecular formula is C19H21N3O6. The molecule has 3 rings (SSSR count). The second-order valence-electron chi connectivity index (χ2n) is 7.52. The summed E-state index contributed by atoms with van der Waals surface area (Å²) < 4.78 is 0. The third kappa shape index (κ3) is 3.13. The lowest BCUT2D eigenvalue weighted by Crippen LogP contribution is -2.63. The average molecular weight is 387 g/mol. The molecule has 4 atom stereocenters. The van der Waals surface area contributed by atoms with Crippen molar-refractivity contribution in [2.24, 2.45) is 5.41 Å². The van der Waals surface area contributed by atoms with E-state index < -0.39 is 39.4 Å². The van der Waals surface area contributed by atoms with E-state index in [0.717, 1.165) is 0 Å². The van der Waals surface area contributed by atoms with E-state index in [1.165, 1.54) is 26.0 Å². The zero-order valence-electron chi connectivity index (χ0n) is 15.4. The van der Waals surface area contributed by atoms with Gasteiger partial charge in [-0.25, -0.2) is 0 Å². The lowest BCUT2D eigenvalue weighted by Gasteiger charge is -2.44. The molecule has 2 aromatic rings. The fourth-order valence-electron chi connectivity index (χ4n) is 4.22. The van der Waals surface area contributed by atoms with Gasteiger partial charge in [-0.1, -0.05) is 36.4 Å². The highest BCUT2D eigenvalue weighted by Crippen LogP contribution is 2.49. The quantitative estimate of drug-likeness (QED) is 0.541. The number of phenolic OH excluding ortho intramolecular Hbond substituents is 2. The molecule has 0 aromatic heterocycles. The third-order valence-corrected chi connectivity index (χ3v) is 5.51. The van der Waals surface area contributed by atoms with E-state index in [1.54, 1.807) is 36.4 Å². The van der Waals surface area contributed by atoms with Crippen LogP contribution in [0.3, 0.4) is 0 Å². The number of hydrogen-bond donors (Lipinski definition) is 3. The van der Waals surface area contributed by atoms with Crippen LogP contribution in [0.15, 0.2) is 48.5 Å². The summed E-state index contributed by atoms with van der Waals surface area (Å²) in [6, 6.07) is 7.64. The molecule has 1 aliphatic rings. The second-order valence-corrected chi connectivity index (χ2v) is 7.52. The highest BCUT2D eigenvalue weighted by Gasteiger charge is 2.63. The Morgan fingerprint density at radius 2 is 1.18 bits per heavy atom. The molecule has 28 heavy (non-hydrogen) atoms. The minimum atomic E-state index is -1.39. The Morgan fingerprint density at radius 1 is 0.821 bits per heavy atom. The molecule has 1 fully saturated rings. The van der Waals surface area contributed by atoms with Gasteiger partial charge in [-0.15, -0.1) is 0 Å². The molecule has 1 heterocycles. The van der Waals surface area contributed by atoms with Gasteiger partial charge in [0.05, 0.1) is 0 Å². The van der Waals surface area contributed by atoms with Gasteiger partial charge in [-0.05, 0) is 26.0 Å². The van der Waals surface area contributed by atoms with E-state index in [2.05, 4.69) is 5.32 Å². The van der Waals surface area contributed by atoms with Crippen LogP contribution in [0.2, 0.25) is 0 Å². The van der Waals surface area contributed by atoms with Gasteiger partial charge < -0.3 is 10.2 Å². The standard InChI is InChI=1S/C19H21N3O6/c1-19(2)17(21(25)26)15(11-7-3-5-9-13(11)23)20-16(18(19)22(27)28)12-8-4-6-10-14(12)24/h3-10,15-18,20,23-24H,1-2H3/t15-,16+,17-,18-/m1/s1. The summed E-state index contributed by atoms with van der Waals surface area (Å²) in [7, 11) is 0. The predicted octanol–water partition coefficient (Wildman–Crippen LogP) is 2.80. The molecule has 0 amide bonds. The van der Waals surface area contributed by atoms with Crippen LogP contribution in [0.5, 0.6) is 11.5 Å². The molecule has 9 nitrogen and oxygen atoms in total. The molecule has 3 N–H and O–H groups in total. The highest BCUT2D eigenvalue weighted by molar-refractivity contribution is 5.40. The van der Waals surface area contributed by atoms with Crippen molar-refractivity contribution in [1.82, 2.24) is 5.32 Å². The number of hydrogen-bond acceptors (Lipinski definition) is 7. The van der Waals surface area contributed by atoms with Crippen molar-refractivity contribution in [2.75, 3.05) is 0 Å². The number of aromatic hydroxyl groups is 2. The van der Waals surface area contributed by atoms with Crippen molar-refractivity contribution in [1.29, 1.82) is 0 Å². The summed E-state index contributed by atoms with van der Waals surface area (Å²) in [5.41, 5.74) is -0.836. The number of nitrogens with zero attached hydrogens (tertiary/aromatic N) is 2. The van der Waals surface area contributed by atoms with Gasteiger partial charge in [0, 0.05) is 21.0 Å². The molecule has 148 valence electrons. The first-order valence-electron chi connectivity index (χ1n) is 8.75. The van der Waals surface area contributed by atoms with Gasteiger partial charge in [0.15, 0.2) is 0 Å². The first-order valence-corrected chi connectivity index (χ1v) is 8.75. The first kappa shape index (κ1) is 19.6. The van der Waals surface area contributed by atoms with Gasteiger partial charge in [0.1, 0.15) is 29.0 Å². The summed E-state index contributed by atoms with van der Waals surface area (Å²) in [5.74, 6) is -0.281. The number of benzene rings is 2. The van der Waals surface area contributed by atoms with Gasteiger partial charge >= 0.3 is 0 Å². The molecule has 1 aliphatic heterocycles. The molecule has 9 heteroatoms. The molecule has 0 bridgehead atoms. The lowest BCUT2D eigenvalue weighted by atomic mass is 9.66. The van der Waals surface area contributed by atoms with Crippen molar-refractivity contribution in [3.8, 4) is 11.5 Å². The average Bonchev–Trinajstić information content (AvgIpc) is 2.60. The largest absolute Gasteiger partial charge is 0.508 e. The topological polar surface area (TPSA) is 139 Å². The van der Waals surface area contributed by atoms with Gasteiger partial charge in [0.2, 0.25) is 12.1 Å². The molecule has 0 aliphatic carbocycles. The maximum Gasteiger partial charge on any atom is 0.244 e. The van der Waals surface area contributed by atoms with Crippen molar-refractivity contribution in [3.05, 3.63) is 79.9 Å². The molecule has 2 aromatic carbocycles. The Kier molecular flexibility index (Phi) is 4.95. The van der Waals surface area contributed by atoms with Crippen molar-refractivity contribution in [2.45, 2.75) is 38.0 Å². The fourth-order valence-corrected chi connectivity index (χ4v) is 4.22. The maximum atomic E-state index is 12.0. The first-order chi connectivity index (χ1) is 13.2. The summed E-state index contributed by atoms with van der Waals surface area (Å²) in [6.45, 7) is 2.96. The number of nitrogens with one attached hydrogen (secondary N) is 1. The van der Waals surface area contributed by atoms with Crippen LogP contribution in [0.4, 0.5) is 0 Å². The minimum absolute atomic E-state index is 0.141. The number of piperidine rings is 1. The molecule has 1 saturated heterocycles. The van der Waals surface area contributed by atoms with E-state index in [1.807, 2.05) is 0 Å². The van der Waals surface area contributed by atoms with Crippen LogP contribution in [0, 0.1) is 25.6 Å². The SMILES string of the molecule is CC1(C)[C@H]([N+](=O)[O-])[C@@H](c2ccccc2O)N[C@@H](c2ccccc2O)[C@H]1[N+](=O)[O-]. The summed E-state index contributed by atoms with van der Waals surface area (Å²) >= 11 is 0. The van der Waals surface area contributed by atoms with E-state index >= 15 is 0 Å². The maximum absolute atomic E-state index is 12.0. The number of nitro groups is 2. The normalized spacial score (nSPS) is 26.5. The van der Waals surface area contributed by atoms with E-state index in [-0.39, 0.29) is 22.6 Å². The zero-order valence-corrected chi connectivity index (χ0v) is 15.4. The molecule has 0 unspecified atom stereocenters.